The lowest BCUT2D eigenvalue weighted by atomic mass is 9.59. The predicted octanol–water partition coefficient (Wildman–Crippen LogP) is 4.56. The molecule has 2 heteroatoms. The minimum atomic E-state index is -0.607. The van der Waals surface area contributed by atoms with E-state index in [0.29, 0.717) is 11.8 Å². The quantitative estimate of drug-likeness (QED) is 0.656. The first-order valence-electron chi connectivity index (χ1n) is 8.80. The summed E-state index contributed by atoms with van der Waals surface area (Å²) in [6, 6.07) is 8.71. The summed E-state index contributed by atoms with van der Waals surface area (Å²) in [6.45, 7) is 6.22. The van der Waals surface area contributed by atoms with E-state index in [9.17, 15) is 9.90 Å². The van der Waals surface area contributed by atoms with Crippen LogP contribution in [0.4, 0.5) is 0 Å². The van der Waals surface area contributed by atoms with Crippen LogP contribution in [0, 0.1) is 18.3 Å². The average Bonchev–Trinajstić information content (AvgIpc) is 2.78. The van der Waals surface area contributed by atoms with Gasteiger partial charge in [0.25, 0.3) is 0 Å². The van der Waals surface area contributed by atoms with E-state index in [0.717, 1.165) is 44.0 Å². The smallest absolute Gasteiger partial charge is 0.145 e. The van der Waals surface area contributed by atoms with Crippen molar-refractivity contribution in [3.05, 3.63) is 47.0 Å². The van der Waals surface area contributed by atoms with Crippen LogP contribution in [0.5, 0.6) is 0 Å². The van der Waals surface area contributed by atoms with Crippen LogP contribution in [0.25, 0.3) is 0 Å². The topological polar surface area (TPSA) is 37.3 Å². The lowest BCUT2D eigenvalue weighted by Gasteiger charge is -2.49. The number of benzene rings is 1. The van der Waals surface area contributed by atoms with Crippen molar-refractivity contribution in [3.8, 4) is 0 Å². The molecule has 2 saturated carbocycles. The van der Waals surface area contributed by atoms with Gasteiger partial charge >= 0.3 is 0 Å². The molecule has 0 radical (unpaired) electrons. The molecule has 0 amide bonds. The summed E-state index contributed by atoms with van der Waals surface area (Å²) in [4.78, 5) is 11.0. The molecule has 4 atom stereocenters. The van der Waals surface area contributed by atoms with Gasteiger partial charge in [-0.15, -0.1) is 0 Å². The van der Waals surface area contributed by atoms with Gasteiger partial charge in [-0.2, -0.15) is 0 Å². The number of aliphatic hydroxyl groups is 1. The molecule has 1 aromatic rings. The second-order valence-electron chi connectivity index (χ2n) is 7.98. The Morgan fingerprint density at radius 1 is 1.30 bits per heavy atom. The Hall–Kier alpha value is -1.41. The van der Waals surface area contributed by atoms with E-state index in [1.807, 2.05) is 6.92 Å². The second-order valence-corrected chi connectivity index (χ2v) is 7.98. The van der Waals surface area contributed by atoms with Gasteiger partial charge in [0, 0.05) is 5.41 Å². The normalized spacial score (nSPS) is 37.5. The van der Waals surface area contributed by atoms with Gasteiger partial charge in [0.15, 0.2) is 0 Å². The number of aryl methyl sites for hydroxylation is 1. The fourth-order valence-corrected chi connectivity index (χ4v) is 4.91. The second kappa shape index (κ2) is 5.90. The maximum absolute atomic E-state index is 11.4. The summed E-state index contributed by atoms with van der Waals surface area (Å²) in [5.74, 6) is 0.763. The van der Waals surface area contributed by atoms with Crippen LogP contribution in [0.3, 0.4) is 0 Å². The molecule has 0 heterocycles. The predicted molar refractivity (Wildman–Crippen MR) is 93.4 cm³/mol. The summed E-state index contributed by atoms with van der Waals surface area (Å²) in [7, 11) is 0. The Morgan fingerprint density at radius 3 is 2.78 bits per heavy atom. The van der Waals surface area contributed by atoms with Crippen molar-refractivity contribution in [2.24, 2.45) is 11.3 Å². The summed E-state index contributed by atoms with van der Waals surface area (Å²) in [6.07, 6.45) is 7.84. The molecule has 0 saturated heterocycles. The molecule has 1 N–H and O–H groups in total. The number of carbonyl (C=O) groups is 1. The highest BCUT2D eigenvalue weighted by atomic mass is 16.3. The zero-order chi connectivity index (χ0) is 16.7. The highest BCUT2D eigenvalue weighted by Gasteiger charge is 2.58. The fourth-order valence-electron chi connectivity index (χ4n) is 4.91. The van der Waals surface area contributed by atoms with Gasteiger partial charge in [-0.05, 0) is 68.9 Å². The summed E-state index contributed by atoms with van der Waals surface area (Å²) < 4.78 is 0. The van der Waals surface area contributed by atoms with Crippen LogP contribution in [-0.2, 0) is 4.79 Å². The van der Waals surface area contributed by atoms with Crippen LogP contribution in [0.2, 0.25) is 0 Å². The van der Waals surface area contributed by atoms with Crippen molar-refractivity contribution >= 4 is 6.29 Å². The highest BCUT2D eigenvalue weighted by molar-refractivity contribution is 5.72. The summed E-state index contributed by atoms with van der Waals surface area (Å²) >= 11 is 0. The molecule has 0 bridgehead atoms. The third-order valence-corrected chi connectivity index (χ3v) is 6.51. The molecule has 1 aromatic carbocycles. The number of allylic oxidation sites excluding steroid dienone is 2. The lowest BCUT2D eigenvalue weighted by Crippen LogP contribution is -2.49. The number of aldehydes is 1. The maximum atomic E-state index is 11.4. The van der Waals surface area contributed by atoms with E-state index in [4.69, 9.17) is 0 Å². The van der Waals surface area contributed by atoms with Crippen molar-refractivity contribution in [2.45, 2.75) is 64.4 Å². The first kappa shape index (κ1) is 16.4. The first-order chi connectivity index (χ1) is 10.9. The van der Waals surface area contributed by atoms with E-state index in [-0.39, 0.29) is 5.41 Å². The number of rotatable bonds is 3. The van der Waals surface area contributed by atoms with Gasteiger partial charge in [0.05, 0.1) is 5.60 Å². The number of fused-ring (bicyclic) bond motifs is 1. The van der Waals surface area contributed by atoms with Gasteiger partial charge in [-0.25, -0.2) is 0 Å². The molecule has 124 valence electrons. The maximum Gasteiger partial charge on any atom is 0.145 e. The van der Waals surface area contributed by atoms with Crippen LogP contribution in [0.15, 0.2) is 35.9 Å². The van der Waals surface area contributed by atoms with Crippen molar-refractivity contribution in [1.29, 1.82) is 0 Å². The zero-order valence-corrected chi connectivity index (χ0v) is 14.5. The Bertz CT molecular complexity index is 632. The third kappa shape index (κ3) is 2.78. The third-order valence-electron chi connectivity index (χ3n) is 6.51. The van der Waals surface area contributed by atoms with Crippen LogP contribution >= 0.6 is 0 Å². The van der Waals surface area contributed by atoms with E-state index in [1.54, 1.807) is 0 Å². The van der Waals surface area contributed by atoms with E-state index >= 15 is 0 Å². The number of hydrogen-bond acceptors (Lipinski definition) is 2. The summed E-state index contributed by atoms with van der Waals surface area (Å²) in [5.41, 5.74) is 2.74. The zero-order valence-electron chi connectivity index (χ0n) is 14.5. The van der Waals surface area contributed by atoms with Crippen LogP contribution < -0.4 is 0 Å². The Balaban J connectivity index is 1.85. The standard InChI is InChI=1S/C21H28O2/c1-15-5-4-6-17(11-15)18-7-9-20(3)19(12-16(2)14-22)8-10-21(20,23)13-18/h4-6,11-12,14,18-19,23H,7-10,13H2,1-3H3/t18-,19+,20+,21-/m0/s1. The lowest BCUT2D eigenvalue weighted by molar-refractivity contribution is -0.105. The summed E-state index contributed by atoms with van der Waals surface area (Å²) in [5, 5.41) is 11.4. The molecule has 0 aromatic heterocycles. The number of carbonyl (C=O) groups excluding carboxylic acids is 1. The molecule has 3 rings (SSSR count). The molecular weight excluding hydrogens is 284 g/mol. The molecule has 2 aliphatic rings. The largest absolute Gasteiger partial charge is 0.389 e. The first-order valence-corrected chi connectivity index (χ1v) is 8.80. The highest BCUT2D eigenvalue weighted by Crippen LogP contribution is 2.61. The number of hydrogen-bond donors (Lipinski definition) is 1. The molecule has 0 spiro atoms. The fraction of sp³-hybridized carbons (Fsp3) is 0.571. The van der Waals surface area contributed by atoms with Gasteiger partial charge in [0.2, 0.25) is 0 Å². The van der Waals surface area contributed by atoms with Crippen LogP contribution in [0.1, 0.15) is 63.0 Å². The van der Waals surface area contributed by atoms with Crippen molar-refractivity contribution in [3.63, 3.8) is 0 Å². The molecule has 2 fully saturated rings. The van der Waals surface area contributed by atoms with E-state index < -0.39 is 5.60 Å². The van der Waals surface area contributed by atoms with Crippen molar-refractivity contribution in [1.82, 2.24) is 0 Å². The van der Waals surface area contributed by atoms with Crippen LogP contribution in [-0.4, -0.2) is 17.0 Å². The average molecular weight is 312 g/mol. The van der Waals surface area contributed by atoms with E-state index in [2.05, 4.69) is 44.2 Å². The van der Waals surface area contributed by atoms with Gasteiger partial charge < -0.3 is 5.11 Å². The SMILES string of the molecule is CC(C=O)=C[C@H]1CC[C@]2(O)C[C@@H](c3cccc(C)c3)CC[C@]12C. The molecule has 0 unspecified atom stereocenters. The molecule has 2 nitrogen and oxygen atoms in total. The van der Waals surface area contributed by atoms with Gasteiger partial charge in [-0.3, -0.25) is 4.79 Å². The minimum absolute atomic E-state index is 0.0996. The molecule has 0 aliphatic heterocycles. The van der Waals surface area contributed by atoms with Gasteiger partial charge in [-0.1, -0.05) is 42.8 Å². The minimum Gasteiger partial charge on any atom is -0.389 e. The molecule has 2 aliphatic carbocycles. The van der Waals surface area contributed by atoms with Crippen molar-refractivity contribution < 1.29 is 9.90 Å². The van der Waals surface area contributed by atoms with Crippen molar-refractivity contribution in [2.75, 3.05) is 0 Å². The van der Waals surface area contributed by atoms with E-state index in [1.165, 1.54) is 11.1 Å². The van der Waals surface area contributed by atoms with Gasteiger partial charge in [0.1, 0.15) is 6.29 Å². The Kier molecular flexibility index (Phi) is 4.22. The monoisotopic (exact) mass is 312 g/mol. The Labute approximate surface area is 139 Å². The molecular formula is C21H28O2. The Morgan fingerprint density at radius 2 is 2.09 bits per heavy atom. The molecule has 23 heavy (non-hydrogen) atoms.